The lowest BCUT2D eigenvalue weighted by molar-refractivity contribution is 0.114. The number of thiocarbonyl (C=S) groups is 1. The SMILES string of the molecule is CCOc1cc(C=NNC(=S)NCC2CCCO2)cc(Br)c1O. The van der Waals surface area contributed by atoms with Crippen LogP contribution in [0.15, 0.2) is 21.7 Å². The summed E-state index contributed by atoms with van der Waals surface area (Å²) >= 11 is 8.44. The van der Waals surface area contributed by atoms with Crippen LogP contribution in [0.2, 0.25) is 0 Å². The van der Waals surface area contributed by atoms with Crippen LogP contribution >= 0.6 is 28.1 Å². The molecular formula is C15H20BrN3O3S. The number of phenols is 1. The molecule has 3 N–H and O–H groups in total. The maximum Gasteiger partial charge on any atom is 0.187 e. The van der Waals surface area contributed by atoms with Crippen LogP contribution in [-0.2, 0) is 4.74 Å². The van der Waals surface area contributed by atoms with Gasteiger partial charge in [-0.3, -0.25) is 5.43 Å². The first-order valence-electron chi connectivity index (χ1n) is 7.44. The van der Waals surface area contributed by atoms with Gasteiger partial charge in [0.25, 0.3) is 0 Å². The fourth-order valence-electron chi connectivity index (χ4n) is 2.15. The monoisotopic (exact) mass is 401 g/mol. The Morgan fingerprint density at radius 2 is 2.43 bits per heavy atom. The van der Waals surface area contributed by atoms with E-state index in [0.717, 1.165) is 25.0 Å². The third-order valence-electron chi connectivity index (χ3n) is 3.24. The van der Waals surface area contributed by atoms with Crippen molar-refractivity contribution in [1.82, 2.24) is 10.7 Å². The van der Waals surface area contributed by atoms with Gasteiger partial charge in [0, 0.05) is 13.2 Å². The molecule has 1 saturated heterocycles. The highest BCUT2D eigenvalue weighted by Crippen LogP contribution is 2.34. The first kappa shape index (κ1) is 18.0. The number of hydrogen-bond donors (Lipinski definition) is 3. The Morgan fingerprint density at radius 3 is 3.13 bits per heavy atom. The van der Waals surface area contributed by atoms with E-state index in [4.69, 9.17) is 21.7 Å². The summed E-state index contributed by atoms with van der Waals surface area (Å²) in [5.41, 5.74) is 3.53. The number of halogens is 1. The lowest BCUT2D eigenvalue weighted by Crippen LogP contribution is -2.37. The minimum atomic E-state index is 0.0747. The van der Waals surface area contributed by atoms with Gasteiger partial charge in [0.05, 0.1) is 23.4 Å². The van der Waals surface area contributed by atoms with Gasteiger partial charge < -0.3 is 19.9 Å². The third-order valence-corrected chi connectivity index (χ3v) is 4.08. The summed E-state index contributed by atoms with van der Waals surface area (Å²) in [6, 6.07) is 3.45. The molecule has 0 amide bonds. The Bertz CT molecular complexity index is 577. The molecule has 1 unspecified atom stereocenters. The summed E-state index contributed by atoms with van der Waals surface area (Å²) in [6.07, 6.45) is 3.98. The summed E-state index contributed by atoms with van der Waals surface area (Å²) in [5, 5.41) is 17.5. The summed E-state index contributed by atoms with van der Waals surface area (Å²) in [6.45, 7) is 3.83. The maximum atomic E-state index is 9.87. The van der Waals surface area contributed by atoms with E-state index in [-0.39, 0.29) is 11.9 Å². The van der Waals surface area contributed by atoms with Gasteiger partial charge in [-0.15, -0.1) is 0 Å². The fourth-order valence-corrected chi connectivity index (χ4v) is 2.75. The average molecular weight is 402 g/mol. The lowest BCUT2D eigenvalue weighted by Gasteiger charge is -2.11. The van der Waals surface area contributed by atoms with Crippen molar-refractivity contribution in [2.24, 2.45) is 5.10 Å². The number of benzene rings is 1. The van der Waals surface area contributed by atoms with Crippen LogP contribution in [0.1, 0.15) is 25.3 Å². The quantitative estimate of drug-likeness (QED) is 0.386. The zero-order valence-corrected chi connectivity index (χ0v) is 15.2. The predicted octanol–water partition coefficient (Wildman–Crippen LogP) is 2.53. The van der Waals surface area contributed by atoms with E-state index in [9.17, 15) is 5.11 Å². The molecular weight excluding hydrogens is 382 g/mol. The molecule has 0 aromatic heterocycles. The van der Waals surface area contributed by atoms with Crippen molar-refractivity contribution < 1.29 is 14.6 Å². The van der Waals surface area contributed by atoms with Crippen LogP contribution in [0.3, 0.4) is 0 Å². The molecule has 1 aliphatic heterocycles. The van der Waals surface area contributed by atoms with Crippen LogP contribution in [0, 0.1) is 0 Å². The highest BCUT2D eigenvalue weighted by atomic mass is 79.9. The highest BCUT2D eigenvalue weighted by Gasteiger charge is 2.15. The molecule has 6 nitrogen and oxygen atoms in total. The van der Waals surface area contributed by atoms with Crippen molar-refractivity contribution in [3.8, 4) is 11.5 Å². The Kier molecular flexibility index (Phi) is 7.07. The molecule has 126 valence electrons. The summed E-state index contributed by atoms with van der Waals surface area (Å²) in [4.78, 5) is 0. The molecule has 0 spiro atoms. The van der Waals surface area contributed by atoms with Crippen molar-refractivity contribution in [1.29, 1.82) is 0 Å². The average Bonchev–Trinajstić information content (AvgIpc) is 3.04. The first-order valence-corrected chi connectivity index (χ1v) is 8.64. The fraction of sp³-hybridized carbons (Fsp3) is 0.467. The summed E-state index contributed by atoms with van der Waals surface area (Å²) in [7, 11) is 0. The highest BCUT2D eigenvalue weighted by molar-refractivity contribution is 9.10. The molecule has 1 atom stereocenters. The van der Waals surface area contributed by atoms with Crippen molar-refractivity contribution in [2.75, 3.05) is 19.8 Å². The molecule has 1 heterocycles. The van der Waals surface area contributed by atoms with Gasteiger partial charge in [-0.2, -0.15) is 5.10 Å². The van der Waals surface area contributed by atoms with Gasteiger partial charge in [-0.25, -0.2) is 0 Å². The van der Waals surface area contributed by atoms with Crippen LogP contribution in [0.5, 0.6) is 11.5 Å². The van der Waals surface area contributed by atoms with Crippen molar-refractivity contribution in [2.45, 2.75) is 25.9 Å². The second-order valence-corrected chi connectivity index (χ2v) is 6.26. The van der Waals surface area contributed by atoms with Crippen LogP contribution in [0.25, 0.3) is 0 Å². The van der Waals surface area contributed by atoms with Crippen molar-refractivity contribution in [3.05, 3.63) is 22.2 Å². The van der Waals surface area contributed by atoms with Crippen LogP contribution in [-0.4, -0.2) is 42.3 Å². The van der Waals surface area contributed by atoms with E-state index in [1.807, 2.05) is 6.92 Å². The van der Waals surface area contributed by atoms with E-state index in [1.165, 1.54) is 0 Å². The Labute approximate surface area is 149 Å². The largest absolute Gasteiger partial charge is 0.503 e. The van der Waals surface area contributed by atoms with E-state index >= 15 is 0 Å². The third kappa shape index (κ3) is 5.63. The van der Waals surface area contributed by atoms with Gasteiger partial charge in [-0.1, -0.05) is 0 Å². The lowest BCUT2D eigenvalue weighted by atomic mass is 10.2. The van der Waals surface area contributed by atoms with Gasteiger partial charge in [0.1, 0.15) is 0 Å². The maximum absolute atomic E-state index is 9.87. The molecule has 23 heavy (non-hydrogen) atoms. The molecule has 2 rings (SSSR count). The normalized spacial score (nSPS) is 17.4. The predicted molar refractivity (Wildman–Crippen MR) is 97.3 cm³/mol. The number of nitrogens with one attached hydrogen (secondary N) is 2. The van der Waals surface area contributed by atoms with E-state index in [2.05, 4.69) is 31.8 Å². The molecule has 1 fully saturated rings. The zero-order chi connectivity index (χ0) is 16.7. The smallest absolute Gasteiger partial charge is 0.187 e. The second kappa shape index (κ2) is 9.05. The van der Waals surface area contributed by atoms with Gasteiger partial charge >= 0.3 is 0 Å². The minimum Gasteiger partial charge on any atom is -0.503 e. The standard InChI is InChI=1S/C15H20BrN3O3S/c1-2-21-13-7-10(6-12(16)14(13)20)8-18-19-15(23)17-9-11-4-3-5-22-11/h6-8,11,20H,2-5,9H2,1H3,(H2,17,19,23). The Hall–Kier alpha value is -1.38. The first-order chi connectivity index (χ1) is 11.1. The number of ether oxygens (including phenoxy) is 2. The molecule has 0 saturated carbocycles. The van der Waals surface area contributed by atoms with Gasteiger partial charge in [0.2, 0.25) is 0 Å². The molecule has 0 bridgehead atoms. The number of hydrogen-bond acceptors (Lipinski definition) is 5. The number of rotatable bonds is 6. The van der Waals surface area contributed by atoms with Crippen LogP contribution < -0.4 is 15.5 Å². The molecule has 0 radical (unpaired) electrons. The van der Waals surface area contributed by atoms with E-state index in [0.29, 0.717) is 28.5 Å². The van der Waals surface area contributed by atoms with Crippen molar-refractivity contribution >= 4 is 39.5 Å². The van der Waals surface area contributed by atoms with Gasteiger partial charge in [-0.05, 0) is 65.6 Å². The summed E-state index contributed by atoms with van der Waals surface area (Å²) in [5.74, 6) is 0.480. The Morgan fingerprint density at radius 1 is 1.61 bits per heavy atom. The summed E-state index contributed by atoms with van der Waals surface area (Å²) < 4.78 is 11.4. The topological polar surface area (TPSA) is 75.1 Å². The number of phenolic OH excluding ortho intramolecular Hbond substituents is 1. The Balaban J connectivity index is 1.85. The zero-order valence-electron chi connectivity index (χ0n) is 12.8. The van der Waals surface area contributed by atoms with Crippen LogP contribution in [0.4, 0.5) is 0 Å². The molecule has 1 aromatic rings. The molecule has 1 aliphatic rings. The molecule has 8 heteroatoms. The van der Waals surface area contributed by atoms with E-state index in [1.54, 1.807) is 18.3 Å². The number of hydrazone groups is 1. The molecule has 1 aromatic carbocycles. The van der Waals surface area contributed by atoms with Gasteiger partial charge in [0.15, 0.2) is 16.6 Å². The second-order valence-electron chi connectivity index (χ2n) is 5.00. The molecule has 0 aliphatic carbocycles. The van der Waals surface area contributed by atoms with Crippen molar-refractivity contribution in [3.63, 3.8) is 0 Å². The van der Waals surface area contributed by atoms with E-state index < -0.39 is 0 Å². The number of aromatic hydroxyl groups is 1. The number of nitrogens with zero attached hydrogens (tertiary/aromatic N) is 1. The minimum absolute atomic E-state index is 0.0747.